The van der Waals surface area contributed by atoms with Gasteiger partial charge in [0.05, 0.1) is 29.6 Å². The average Bonchev–Trinajstić information content (AvgIpc) is 2.61. The number of fused-ring (bicyclic) bond motifs is 1. The number of hydrogen-bond donors (Lipinski definition) is 1. The summed E-state index contributed by atoms with van der Waals surface area (Å²) in [6.45, 7) is 0.382. The number of nitro groups is 1. The van der Waals surface area contributed by atoms with Crippen molar-refractivity contribution in [1.82, 2.24) is 4.72 Å². The molecular weight excluding hydrogens is 348 g/mol. The Morgan fingerprint density at radius 3 is 2.76 bits per heavy atom. The topological polar surface area (TPSA) is 108 Å². The lowest BCUT2D eigenvalue weighted by atomic mass is 10.0. The first kappa shape index (κ1) is 17.2. The second-order valence-electron chi connectivity index (χ2n) is 5.44. The van der Waals surface area contributed by atoms with E-state index < -0.39 is 26.7 Å². The Morgan fingerprint density at radius 1 is 1.28 bits per heavy atom. The van der Waals surface area contributed by atoms with Crippen LogP contribution in [0.1, 0.15) is 18.0 Å². The largest absolute Gasteiger partial charge is 0.493 e. The van der Waals surface area contributed by atoms with Gasteiger partial charge in [-0.05, 0) is 18.2 Å². The number of hydrogen-bond acceptors (Lipinski definition) is 6. The standard InChI is InChI=1S/C16H16N2O6S/c1-23-16-7-6-11(10-14(16)18(19)20)25(21,22)17-13-8-9-24-15-5-3-2-4-12(13)15/h2-7,10,13,17H,8-9H2,1H3/t13-/m0/s1. The van der Waals surface area contributed by atoms with Crippen molar-refractivity contribution < 1.29 is 22.8 Å². The molecule has 1 N–H and O–H groups in total. The first-order valence-corrected chi connectivity index (χ1v) is 8.97. The molecule has 0 spiro atoms. The Bertz CT molecular complexity index is 913. The van der Waals surface area contributed by atoms with Gasteiger partial charge in [0.25, 0.3) is 0 Å². The van der Waals surface area contributed by atoms with Crippen LogP contribution in [-0.4, -0.2) is 27.1 Å². The summed E-state index contributed by atoms with van der Waals surface area (Å²) in [4.78, 5) is 10.2. The molecule has 0 aromatic heterocycles. The van der Waals surface area contributed by atoms with E-state index in [1.165, 1.54) is 19.2 Å². The minimum absolute atomic E-state index is 0.000335. The van der Waals surface area contributed by atoms with E-state index in [0.717, 1.165) is 11.6 Å². The molecule has 0 saturated heterocycles. The van der Waals surface area contributed by atoms with Gasteiger partial charge in [-0.25, -0.2) is 13.1 Å². The van der Waals surface area contributed by atoms with Gasteiger partial charge in [0, 0.05) is 18.1 Å². The molecule has 132 valence electrons. The Balaban J connectivity index is 1.93. The molecule has 1 atom stereocenters. The molecule has 25 heavy (non-hydrogen) atoms. The second-order valence-corrected chi connectivity index (χ2v) is 7.15. The molecule has 0 radical (unpaired) electrons. The zero-order valence-corrected chi connectivity index (χ0v) is 14.2. The van der Waals surface area contributed by atoms with E-state index in [1.54, 1.807) is 18.2 Å². The van der Waals surface area contributed by atoms with Crippen LogP contribution in [0.5, 0.6) is 11.5 Å². The maximum atomic E-state index is 12.7. The number of methoxy groups -OCH3 is 1. The van der Waals surface area contributed by atoms with Gasteiger partial charge in [0.15, 0.2) is 5.75 Å². The van der Waals surface area contributed by atoms with Crippen molar-refractivity contribution in [1.29, 1.82) is 0 Å². The maximum Gasteiger partial charge on any atom is 0.312 e. The van der Waals surface area contributed by atoms with Crippen LogP contribution in [0.4, 0.5) is 5.69 Å². The molecule has 8 nitrogen and oxygen atoms in total. The lowest BCUT2D eigenvalue weighted by Gasteiger charge is -2.26. The zero-order chi connectivity index (χ0) is 18.0. The fraction of sp³-hybridized carbons (Fsp3) is 0.250. The second kappa shape index (κ2) is 6.69. The van der Waals surface area contributed by atoms with E-state index in [4.69, 9.17) is 9.47 Å². The predicted octanol–water partition coefficient (Wildman–Crippen LogP) is 2.41. The highest BCUT2D eigenvalue weighted by Crippen LogP contribution is 2.34. The summed E-state index contributed by atoms with van der Waals surface area (Å²) in [5, 5.41) is 11.1. The normalized spacial score (nSPS) is 16.6. The monoisotopic (exact) mass is 364 g/mol. The van der Waals surface area contributed by atoms with Crippen molar-refractivity contribution in [3.8, 4) is 11.5 Å². The zero-order valence-electron chi connectivity index (χ0n) is 13.3. The smallest absolute Gasteiger partial charge is 0.312 e. The first-order valence-electron chi connectivity index (χ1n) is 7.49. The van der Waals surface area contributed by atoms with E-state index in [1.807, 2.05) is 6.07 Å². The number of rotatable bonds is 5. The Morgan fingerprint density at radius 2 is 2.04 bits per heavy atom. The molecule has 2 aromatic rings. The number of nitrogens with zero attached hydrogens (tertiary/aromatic N) is 1. The lowest BCUT2D eigenvalue weighted by Crippen LogP contribution is -2.32. The maximum absolute atomic E-state index is 12.7. The summed E-state index contributed by atoms with van der Waals surface area (Å²) in [5.41, 5.74) is 0.332. The molecule has 2 aromatic carbocycles. The van der Waals surface area contributed by atoms with Crippen LogP contribution >= 0.6 is 0 Å². The van der Waals surface area contributed by atoms with E-state index in [-0.39, 0.29) is 10.6 Å². The molecule has 0 unspecified atom stereocenters. The average molecular weight is 364 g/mol. The van der Waals surface area contributed by atoms with Gasteiger partial charge < -0.3 is 9.47 Å². The molecule has 0 amide bonds. The molecule has 1 aliphatic heterocycles. The molecule has 0 aliphatic carbocycles. The third-order valence-corrected chi connectivity index (χ3v) is 5.38. The first-order chi connectivity index (χ1) is 11.9. The van der Waals surface area contributed by atoms with E-state index >= 15 is 0 Å². The third kappa shape index (κ3) is 3.42. The molecule has 9 heteroatoms. The van der Waals surface area contributed by atoms with E-state index in [0.29, 0.717) is 18.8 Å². The van der Waals surface area contributed by atoms with Gasteiger partial charge >= 0.3 is 5.69 Å². The summed E-state index contributed by atoms with van der Waals surface area (Å²) in [6.07, 6.45) is 0.467. The Kier molecular flexibility index (Phi) is 4.60. The summed E-state index contributed by atoms with van der Waals surface area (Å²) in [6, 6.07) is 10.2. The van der Waals surface area contributed by atoms with Gasteiger partial charge in [-0.2, -0.15) is 0 Å². The lowest BCUT2D eigenvalue weighted by molar-refractivity contribution is -0.386. The highest BCUT2D eigenvalue weighted by molar-refractivity contribution is 7.89. The minimum Gasteiger partial charge on any atom is -0.493 e. The van der Waals surface area contributed by atoms with E-state index in [2.05, 4.69) is 4.72 Å². The number of para-hydroxylation sites is 1. The predicted molar refractivity (Wildman–Crippen MR) is 89.3 cm³/mol. The van der Waals surface area contributed by atoms with Crippen molar-refractivity contribution in [3.05, 3.63) is 58.1 Å². The minimum atomic E-state index is -3.95. The number of ether oxygens (including phenoxy) is 2. The van der Waals surface area contributed by atoms with Crippen LogP contribution in [0.2, 0.25) is 0 Å². The number of nitro benzene ring substituents is 1. The van der Waals surface area contributed by atoms with Gasteiger partial charge in [-0.1, -0.05) is 18.2 Å². The van der Waals surface area contributed by atoms with Crippen LogP contribution in [-0.2, 0) is 10.0 Å². The summed E-state index contributed by atoms with van der Waals surface area (Å²) in [7, 11) is -2.66. The van der Waals surface area contributed by atoms with Gasteiger partial charge in [0.2, 0.25) is 10.0 Å². The molecule has 3 rings (SSSR count). The number of nitrogens with one attached hydrogen (secondary N) is 1. The van der Waals surface area contributed by atoms with Crippen LogP contribution in [0.25, 0.3) is 0 Å². The van der Waals surface area contributed by atoms with Crippen LogP contribution in [0, 0.1) is 10.1 Å². The molecule has 1 aliphatic rings. The van der Waals surface area contributed by atoms with Crippen molar-refractivity contribution in [2.45, 2.75) is 17.4 Å². The van der Waals surface area contributed by atoms with Gasteiger partial charge in [-0.3, -0.25) is 10.1 Å². The highest BCUT2D eigenvalue weighted by Gasteiger charge is 2.28. The fourth-order valence-corrected chi connectivity index (χ4v) is 3.97. The van der Waals surface area contributed by atoms with Gasteiger partial charge in [-0.15, -0.1) is 0 Å². The summed E-state index contributed by atoms with van der Waals surface area (Å²) < 4.78 is 38.4. The van der Waals surface area contributed by atoms with Crippen molar-refractivity contribution in [2.75, 3.05) is 13.7 Å². The molecule has 0 bridgehead atoms. The molecular formula is C16H16N2O6S. The van der Waals surface area contributed by atoms with E-state index in [9.17, 15) is 18.5 Å². The number of sulfonamides is 1. The number of benzene rings is 2. The van der Waals surface area contributed by atoms with Crippen molar-refractivity contribution >= 4 is 15.7 Å². The fourth-order valence-electron chi connectivity index (χ4n) is 2.70. The van der Waals surface area contributed by atoms with Crippen LogP contribution in [0.15, 0.2) is 47.4 Å². The third-order valence-electron chi connectivity index (χ3n) is 3.91. The molecule has 0 saturated carbocycles. The molecule has 0 fully saturated rings. The SMILES string of the molecule is COc1ccc(S(=O)(=O)N[C@H]2CCOc3ccccc32)cc1[N+](=O)[O-]. The Hall–Kier alpha value is -2.65. The highest BCUT2D eigenvalue weighted by atomic mass is 32.2. The van der Waals surface area contributed by atoms with Crippen molar-refractivity contribution in [2.24, 2.45) is 0 Å². The summed E-state index contributed by atoms with van der Waals surface area (Å²) >= 11 is 0. The van der Waals surface area contributed by atoms with Gasteiger partial charge in [0.1, 0.15) is 5.75 Å². The Labute approximate surface area is 144 Å². The van der Waals surface area contributed by atoms with Crippen LogP contribution < -0.4 is 14.2 Å². The molecule has 1 heterocycles. The van der Waals surface area contributed by atoms with Crippen molar-refractivity contribution in [3.63, 3.8) is 0 Å². The quantitative estimate of drug-likeness (QED) is 0.645. The summed E-state index contributed by atoms with van der Waals surface area (Å²) in [5.74, 6) is 0.627. The van der Waals surface area contributed by atoms with Crippen LogP contribution in [0.3, 0.4) is 0 Å².